The van der Waals surface area contributed by atoms with E-state index in [1.54, 1.807) is 18.2 Å². The third-order valence-corrected chi connectivity index (χ3v) is 3.90. The summed E-state index contributed by atoms with van der Waals surface area (Å²) < 4.78 is 31.6. The molecule has 1 aromatic rings. The zero-order valence-corrected chi connectivity index (χ0v) is 11.0. The SMILES string of the molecule is COc1cccc(S(=O)(=O)NC2=CC=CNC2O)c1. The van der Waals surface area contributed by atoms with Crippen molar-refractivity contribution in [3.63, 3.8) is 0 Å². The van der Waals surface area contributed by atoms with Gasteiger partial charge in [0.15, 0.2) is 6.23 Å². The number of methoxy groups -OCH3 is 1. The Kier molecular flexibility index (Phi) is 3.77. The Labute approximate surface area is 111 Å². The molecular formula is C12H14N2O4S. The lowest BCUT2D eigenvalue weighted by molar-refractivity contribution is 0.183. The van der Waals surface area contributed by atoms with Gasteiger partial charge in [0, 0.05) is 6.07 Å². The van der Waals surface area contributed by atoms with Gasteiger partial charge in [-0.25, -0.2) is 8.42 Å². The molecule has 0 radical (unpaired) electrons. The van der Waals surface area contributed by atoms with Crippen molar-refractivity contribution in [2.75, 3.05) is 7.11 Å². The number of benzene rings is 1. The Bertz CT molecular complexity index is 622. The number of aliphatic hydroxyl groups is 1. The number of nitrogens with one attached hydrogen (secondary N) is 2. The van der Waals surface area contributed by atoms with Gasteiger partial charge in [0.25, 0.3) is 10.0 Å². The Balaban J connectivity index is 2.27. The Morgan fingerprint density at radius 3 is 2.89 bits per heavy atom. The van der Waals surface area contributed by atoms with Crippen molar-refractivity contribution in [1.82, 2.24) is 10.0 Å². The molecule has 3 N–H and O–H groups in total. The van der Waals surface area contributed by atoms with Crippen LogP contribution in [0.5, 0.6) is 5.75 Å². The van der Waals surface area contributed by atoms with E-state index in [0.717, 1.165) is 0 Å². The van der Waals surface area contributed by atoms with Gasteiger partial charge in [0.2, 0.25) is 0 Å². The molecule has 102 valence electrons. The van der Waals surface area contributed by atoms with Gasteiger partial charge in [-0.05, 0) is 30.5 Å². The summed E-state index contributed by atoms with van der Waals surface area (Å²) in [5, 5.41) is 12.2. The van der Waals surface area contributed by atoms with Crippen LogP contribution in [0, 0.1) is 0 Å². The summed E-state index contributed by atoms with van der Waals surface area (Å²) in [5.41, 5.74) is 0.158. The number of allylic oxidation sites excluding steroid dienone is 2. The van der Waals surface area contributed by atoms with Crippen LogP contribution in [0.3, 0.4) is 0 Å². The molecule has 1 heterocycles. The van der Waals surface area contributed by atoms with Crippen LogP contribution in [0.15, 0.2) is 53.2 Å². The molecule has 19 heavy (non-hydrogen) atoms. The van der Waals surface area contributed by atoms with Crippen LogP contribution >= 0.6 is 0 Å². The number of hydrogen-bond acceptors (Lipinski definition) is 5. The molecule has 0 fully saturated rings. The van der Waals surface area contributed by atoms with E-state index < -0.39 is 16.3 Å². The summed E-state index contributed by atoms with van der Waals surface area (Å²) in [6.07, 6.45) is 3.52. The zero-order chi connectivity index (χ0) is 13.9. The first-order valence-corrected chi connectivity index (χ1v) is 6.99. The van der Waals surface area contributed by atoms with Crippen LogP contribution in [-0.4, -0.2) is 26.9 Å². The molecule has 0 saturated heterocycles. The third kappa shape index (κ3) is 3.07. The Morgan fingerprint density at radius 1 is 1.42 bits per heavy atom. The minimum Gasteiger partial charge on any atom is -0.497 e. The van der Waals surface area contributed by atoms with Crippen molar-refractivity contribution in [2.24, 2.45) is 0 Å². The van der Waals surface area contributed by atoms with Crippen LogP contribution in [-0.2, 0) is 10.0 Å². The van der Waals surface area contributed by atoms with Gasteiger partial charge in [0.05, 0.1) is 17.7 Å². The van der Waals surface area contributed by atoms with Crippen LogP contribution in [0.1, 0.15) is 0 Å². The fourth-order valence-corrected chi connectivity index (χ4v) is 2.69. The second kappa shape index (κ2) is 5.33. The Hall–Kier alpha value is -1.99. The molecule has 0 saturated carbocycles. The zero-order valence-electron chi connectivity index (χ0n) is 10.2. The first-order valence-electron chi connectivity index (χ1n) is 5.50. The Morgan fingerprint density at radius 2 is 2.21 bits per heavy atom. The number of dihydropyridines is 1. The summed E-state index contributed by atoms with van der Waals surface area (Å²) in [7, 11) is -2.30. The molecule has 2 rings (SSSR count). The van der Waals surface area contributed by atoms with E-state index in [1.807, 2.05) is 0 Å². The maximum atomic E-state index is 12.1. The minimum absolute atomic E-state index is 0.0644. The first-order chi connectivity index (χ1) is 9.03. The maximum absolute atomic E-state index is 12.1. The fourth-order valence-electron chi connectivity index (χ4n) is 1.55. The van der Waals surface area contributed by atoms with Gasteiger partial charge in [0.1, 0.15) is 5.75 Å². The maximum Gasteiger partial charge on any atom is 0.261 e. The molecule has 0 aromatic heterocycles. The lowest BCUT2D eigenvalue weighted by Crippen LogP contribution is -2.37. The van der Waals surface area contributed by atoms with Gasteiger partial charge in [-0.3, -0.25) is 4.72 Å². The van der Waals surface area contributed by atoms with Gasteiger partial charge in [-0.15, -0.1) is 0 Å². The average molecular weight is 282 g/mol. The minimum atomic E-state index is -3.76. The molecule has 1 atom stereocenters. The largest absolute Gasteiger partial charge is 0.497 e. The van der Waals surface area contributed by atoms with E-state index in [2.05, 4.69) is 10.0 Å². The van der Waals surface area contributed by atoms with Crippen molar-refractivity contribution >= 4 is 10.0 Å². The van der Waals surface area contributed by atoms with Gasteiger partial charge in [-0.1, -0.05) is 6.07 Å². The highest BCUT2D eigenvalue weighted by atomic mass is 32.2. The molecule has 1 aromatic carbocycles. The fraction of sp³-hybridized carbons (Fsp3) is 0.167. The molecule has 0 aliphatic carbocycles. The number of aliphatic hydroxyl groups excluding tert-OH is 1. The second-order valence-corrected chi connectivity index (χ2v) is 5.52. The van der Waals surface area contributed by atoms with Gasteiger partial charge >= 0.3 is 0 Å². The van der Waals surface area contributed by atoms with Crippen molar-refractivity contribution < 1.29 is 18.3 Å². The molecule has 1 aliphatic rings. The second-order valence-electron chi connectivity index (χ2n) is 3.83. The lowest BCUT2D eigenvalue weighted by atomic mass is 10.3. The van der Waals surface area contributed by atoms with E-state index in [4.69, 9.17) is 4.74 Å². The summed E-state index contributed by atoms with van der Waals surface area (Å²) in [5.74, 6) is 0.444. The predicted octanol–water partition coefficient (Wildman–Crippen LogP) is 0.293. The normalized spacial score (nSPS) is 18.4. The lowest BCUT2D eigenvalue weighted by Gasteiger charge is -2.19. The van der Waals surface area contributed by atoms with E-state index in [0.29, 0.717) is 5.75 Å². The molecule has 1 aliphatic heterocycles. The summed E-state index contributed by atoms with van der Waals surface area (Å²) in [6, 6.07) is 6.08. The van der Waals surface area contributed by atoms with E-state index in [9.17, 15) is 13.5 Å². The van der Waals surface area contributed by atoms with Crippen LogP contribution in [0.4, 0.5) is 0 Å². The number of rotatable bonds is 4. The molecule has 7 heteroatoms. The van der Waals surface area contributed by atoms with Gasteiger partial charge in [-0.2, -0.15) is 0 Å². The number of sulfonamides is 1. The molecule has 1 unspecified atom stereocenters. The summed E-state index contributed by atoms with van der Waals surface area (Å²) >= 11 is 0. The average Bonchev–Trinajstić information content (AvgIpc) is 2.41. The summed E-state index contributed by atoms with van der Waals surface area (Å²) in [4.78, 5) is 0.0644. The van der Waals surface area contributed by atoms with Crippen molar-refractivity contribution in [1.29, 1.82) is 0 Å². The number of ether oxygens (including phenoxy) is 1. The van der Waals surface area contributed by atoms with Crippen LogP contribution in [0.2, 0.25) is 0 Å². The number of hydrogen-bond donors (Lipinski definition) is 3. The van der Waals surface area contributed by atoms with Crippen LogP contribution < -0.4 is 14.8 Å². The molecule has 6 nitrogen and oxygen atoms in total. The van der Waals surface area contributed by atoms with Crippen molar-refractivity contribution in [3.8, 4) is 5.75 Å². The summed E-state index contributed by atoms with van der Waals surface area (Å²) in [6.45, 7) is 0. The third-order valence-electron chi connectivity index (χ3n) is 2.52. The van der Waals surface area contributed by atoms with E-state index >= 15 is 0 Å². The molecule has 0 bridgehead atoms. The topological polar surface area (TPSA) is 87.7 Å². The quantitative estimate of drug-likeness (QED) is 0.739. The van der Waals surface area contributed by atoms with Crippen molar-refractivity contribution in [3.05, 3.63) is 48.3 Å². The highest BCUT2D eigenvalue weighted by molar-refractivity contribution is 7.89. The predicted molar refractivity (Wildman–Crippen MR) is 69.7 cm³/mol. The highest BCUT2D eigenvalue weighted by Gasteiger charge is 2.20. The van der Waals surface area contributed by atoms with Crippen molar-refractivity contribution in [2.45, 2.75) is 11.1 Å². The monoisotopic (exact) mass is 282 g/mol. The van der Waals surface area contributed by atoms with Gasteiger partial charge < -0.3 is 15.2 Å². The molecule has 0 amide bonds. The molecule has 0 spiro atoms. The van der Waals surface area contributed by atoms with E-state index in [1.165, 1.54) is 31.5 Å². The molecular weight excluding hydrogens is 268 g/mol. The standard InChI is InChI=1S/C12H14N2O4S/c1-18-9-4-2-5-10(8-9)19(16,17)14-11-6-3-7-13-12(11)15/h2-8,12-15H,1H3. The smallest absolute Gasteiger partial charge is 0.261 e. The van der Waals surface area contributed by atoms with Crippen LogP contribution in [0.25, 0.3) is 0 Å². The first kappa shape index (κ1) is 13.4. The van der Waals surface area contributed by atoms with E-state index in [-0.39, 0.29) is 10.6 Å². The highest BCUT2D eigenvalue weighted by Crippen LogP contribution is 2.18.